The Morgan fingerprint density at radius 1 is 1.07 bits per heavy atom. The van der Waals surface area contributed by atoms with Gasteiger partial charge in [-0.1, -0.05) is 24.3 Å². The molecule has 0 saturated carbocycles. The van der Waals surface area contributed by atoms with E-state index < -0.39 is 10.0 Å². The van der Waals surface area contributed by atoms with Gasteiger partial charge >= 0.3 is 0 Å². The number of amides is 1. The zero-order valence-corrected chi connectivity index (χ0v) is 17.7. The van der Waals surface area contributed by atoms with E-state index in [1.807, 2.05) is 6.07 Å². The normalized spacial score (nSPS) is 17.5. The maximum atomic E-state index is 12.6. The Labute approximate surface area is 172 Å². The quantitative estimate of drug-likeness (QED) is 0.816. The first-order valence-corrected chi connectivity index (χ1v) is 11.9. The molecule has 7 heteroatoms. The number of carbonyl (C=O) groups is 1. The molecule has 0 aromatic heterocycles. The zero-order chi connectivity index (χ0) is 20.6. The van der Waals surface area contributed by atoms with Gasteiger partial charge in [-0.15, -0.1) is 0 Å². The van der Waals surface area contributed by atoms with E-state index in [4.69, 9.17) is 0 Å². The highest BCUT2D eigenvalue weighted by Crippen LogP contribution is 2.30. The molecule has 2 aliphatic heterocycles. The predicted octanol–water partition coefficient (Wildman–Crippen LogP) is 2.19. The van der Waals surface area contributed by atoms with Crippen molar-refractivity contribution in [3.8, 4) is 0 Å². The number of rotatable bonds is 5. The Bertz CT molecular complexity index is 1040. The van der Waals surface area contributed by atoms with Gasteiger partial charge in [-0.2, -0.15) is 0 Å². The van der Waals surface area contributed by atoms with E-state index in [-0.39, 0.29) is 11.9 Å². The van der Waals surface area contributed by atoms with E-state index in [1.54, 1.807) is 12.1 Å². The molecule has 0 saturated heterocycles. The van der Waals surface area contributed by atoms with Crippen molar-refractivity contribution < 1.29 is 13.2 Å². The second kappa shape index (κ2) is 7.80. The molecule has 0 bridgehead atoms. The Hall–Kier alpha value is -2.38. The third-order valence-corrected chi connectivity index (χ3v) is 7.12. The van der Waals surface area contributed by atoms with Crippen molar-refractivity contribution >= 4 is 21.6 Å². The summed E-state index contributed by atoms with van der Waals surface area (Å²) in [6, 6.07) is 14.0. The highest BCUT2D eigenvalue weighted by atomic mass is 32.2. The minimum atomic E-state index is -3.28. The van der Waals surface area contributed by atoms with Crippen molar-refractivity contribution in [1.29, 1.82) is 0 Å². The summed E-state index contributed by atoms with van der Waals surface area (Å²) in [6.45, 7) is 5.06. The summed E-state index contributed by atoms with van der Waals surface area (Å²) in [5.74, 6) is -0.116. The lowest BCUT2D eigenvalue weighted by Gasteiger charge is -2.33. The average Bonchev–Trinajstić information content (AvgIpc) is 3.15. The molecule has 4 rings (SSSR count). The van der Waals surface area contributed by atoms with E-state index in [9.17, 15) is 13.2 Å². The molecule has 2 aromatic rings. The third-order valence-electron chi connectivity index (χ3n) is 5.94. The van der Waals surface area contributed by atoms with E-state index in [0.717, 1.165) is 25.1 Å². The van der Waals surface area contributed by atoms with Crippen LogP contribution in [0.2, 0.25) is 0 Å². The minimum Gasteiger partial charge on any atom is -0.350 e. The van der Waals surface area contributed by atoms with Gasteiger partial charge in [-0.05, 0) is 54.7 Å². The number of benzene rings is 2. The van der Waals surface area contributed by atoms with E-state index in [1.165, 1.54) is 21.7 Å². The highest BCUT2D eigenvalue weighted by molar-refractivity contribution is 7.92. The summed E-state index contributed by atoms with van der Waals surface area (Å²) in [7, 11) is -3.28. The van der Waals surface area contributed by atoms with Crippen LogP contribution in [0, 0.1) is 0 Å². The fourth-order valence-electron chi connectivity index (χ4n) is 4.22. The van der Waals surface area contributed by atoms with E-state index in [0.29, 0.717) is 30.8 Å². The molecule has 2 aliphatic rings. The smallest absolute Gasteiger partial charge is 0.251 e. The Morgan fingerprint density at radius 2 is 1.79 bits per heavy atom. The van der Waals surface area contributed by atoms with Crippen LogP contribution in [0.4, 0.5) is 5.69 Å². The largest absolute Gasteiger partial charge is 0.350 e. The van der Waals surface area contributed by atoms with Crippen LogP contribution in [-0.2, 0) is 29.4 Å². The lowest BCUT2D eigenvalue weighted by molar-refractivity contribution is 0.0932. The standard InChI is InChI=1S/C22H27N3O3S/c1-16(24-11-9-17-5-3-4-6-20(17)15-24)14-23-22(26)19-7-8-21-18(13-19)10-12-25(21)29(2,27)28/h3-8,13,16H,9-12,14-15H2,1-2H3,(H,23,26). The predicted molar refractivity (Wildman–Crippen MR) is 115 cm³/mol. The molecule has 1 unspecified atom stereocenters. The molecule has 0 fully saturated rings. The maximum Gasteiger partial charge on any atom is 0.251 e. The number of nitrogens with one attached hydrogen (secondary N) is 1. The molecule has 1 N–H and O–H groups in total. The van der Waals surface area contributed by atoms with Crippen LogP contribution < -0.4 is 9.62 Å². The van der Waals surface area contributed by atoms with Crippen LogP contribution in [0.1, 0.15) is 34.0 Å². The van der Waals surface area contributed by atoms with Crippen LogP contribution >= 0.6 is 0 Å². The average molecular weight is 414 g/mol. The fourth-order valence-corrected chi connectivity index (χ4v) is 5.18. The molecular weight excluding hydrogens is 386 g/mol. The Balaban J connectivity index is 1.37. The lowest BCUT2D eigenvalue weighted by atomic mass is 9.99. The Morgan fingerprint density at radius 3 is 2.55 bits per heavy atom. The summed E-state index contributed by atoms with van der Waals surface area (Å²) in [4.78, 5) is 15.0. The van der Waals surface area contributed by atoms with Gasteiger partial charge in [0.2, 0.25) is 10.0 Å². The van der Waals surface area contributed by atoms with Crippen LogP contribution in [0.15, 0.2) is 42.5 Å². The number of fused-ring (bicyclic) bond motifs is 2. The Kier molecular flexibility index (Phi) is 5.36. The molecule has 1 atom stereocenters. The summed E-state index contributed by atoms with van der Waals surface area (Å²) >= 11 is 0. The van der Waals surface area contributed by atoms with Gasteiger partial charge in [0.15, 0.2) is 0 Å². The molecule has 1 amide bonds. The van der Waals surface area contributed by atoms with Crippen molar-refractivity contribution in [3.05, 3.63) is 64.7 Å². The van der Waals surface area contributed by atoms with Crippen molar-refractivity contribution in [2.24, 2.45) is 0 Å². The summed E-state index contributed by atoms with van der Waals surface area (Å²) in [6.07, 6.45) is 2.88. The van der Waals surface area contributed by atoms with Crippen molar-refractivity contribution in [3.63, 3.8) is 0 Å². The van der Waals surface area contributed by atoms with Crippen LogP contribution in [0.3, 0.4) is 0 Å². The summed E-state index contributed by atoms with van der Waals surface area (Å²) < 4.78 is 25.1. The van der Waals surface area contributed by atoms with Gasteiger partial charge in [-0.25, -0.2) is 8.42 Å². The molecule has 2 heterocycles. The molecule has 6 nitrogen and oxygen atoms in total. The van der Waals surface area contributed by atoms with Crippen LogP contribution in [0.25, 0.3) is 0 Å². The summed E-state index contributed by atoms with van der Waals surface area (Å²) in [5.41, 5.74) is 4.95. The van der Waals surface area contributed by atoms with E-state index >= 15 is 0 Å². The van der Waals surface area contributed by atoms with Gasteiger partial charge in [0.1, 0.15) is 0 Å². The number of sulfonamides is 1. The van der Waals surface area contributed by atoms with Gasteiger partial charge in [-0.3, -0.25) is 14.0 Å². The number of carbonyl (C=O) groups excluding carboxylic acids is 1. The first kappa shape index (κ1) is 19.9. The SMILES string of the molecule is CC(CNC(=O)c1ccc2c(c1)CCN2S(C)(=O)=O)N1CCc2ccccc2C1. The summed E-state index contributed by atoms with van der Waals surface area (Å²) in [5, 5.41) is 3.04. The van der Waals surface area contributed by atoms with Gasteiger partial charge in [0.25, 0.3) is 5.91 Å². The fraction of sp³-hybridized carbons (Fsp3) is 0.409. The zero-order valence-electron chi connectivity index (χ0n) is 16.9. The molecule has 0 spiro atoms. The van der Waals surface area contributed by atoms with E-state index in [2.05, 4.69) is 41.4 Å². The second-order valence-corrected chi connectivity index (χ2v) is 9.88. The maximum absolute atomic E-state index is 12.6. The van der Waals surface area contributed by atoms with Gasteiger partial charge in [0.05, 0.1) is 11.9 Å². The molecule has 154 valence electrons. The van der Waals surface area contributed by atoms with Crippen molar-refractivity contribution in [1.82, 2.24) is 10.2 Å². The first-order chi connectivity index (χ1) is 13.8. The topological polar surface area (TPSA) is 69.7 Å². The van der Waals surface area contributed by atoms with Gasteiger partial charge in [0, 0.05) is 37.8 Å². The highest BCUT2D eigenvalue weighted by Gasteiger charge is 2.27. The van der Waals surface area contributed by atoms with Crippen molar-refractivity contribution in [2.45, 2.75) is 32.4 Å². The number of hydrogen-bond acceptors (Lipinski definition) is 4. The number of hydrogen-bond donors (Lipinski definition) is 1. The molecular formula is C22H27N3O3S. The monoisotopic (exact) mass is 413 g/mol. The van der Waals surface area contributed by atoms with Crippen LogP contribution in [-0.4, -0.2) is 51.2 Å². The number of nitrogens with zero attached hydrogens (tertiary/aromatic N) is 2. The molecule has 29 heavy (non-hydrogen) atoms. The second-order valence-electron chi connectivity index (χ2n) is 7.98. The molecule has 0 radical (unpaired) electrons. The third kappa shape index (κ3) is 4.16. The van der Waals surface area contributed by atoms with Crippen LogP contribution in [0.5, 0.6) is 0 Å². The molecule has 0 aliphatic carbocycles. The minimum absolute atomic E-state index is 0.116. The first-order valence-electron chi connectivity index (χ1n) is 10.0. The van der Waals surface area contributed by atoms with Gasteiger partial charge < -0.3 is 5.32 Å². The van der Waals surface area contributed by atoms with Crippen molar-refractivity contribution in [2.75, 3.05) is 30.2 Å². The molecule has 2 aromatic carbocycles. The lowest BCUT2D eigenvalue weighted by Crippen LogP contribution is -2.44. The number of anilines is 1.